The number of amides is 1. The van der Waals surface area contributed by atoms with Crippen molar-refractivity contribution in [2.75, 3.05) is 19.8 Å². The van der Waals surface area contributed by atoms with E-state index >= 15 is 0 Å². The van der Waals surface area contributed by atoms with Gasteiger partial charge in [-0.3, -0.25) is 0 Å². The first-order chi connectivity index (χ1) is 10.7. The summed E-state index contributed by atoms with van der Waals surface area (Å²) in [4.78, 5) is 23.6. The minimum atomic E-state index is -1.04. The van der Waals surface area contributed by atoms with Gasteiger partial charge in [-0.1, -0.05) is 0 Å². The Balaban J connectivity index is 2.02. The van der Waals surface area contributed by atoms with Crippen molar-refractivity contribution >= 4 is 12.1 Å². The van der Waals surface area contributed by atoms with E-state index in [-0.39, 0.29) is 11.5 Å². The maximum absolute atomic E-state index is 11.9. The van der Waals surface area contributed by atoms with E-state index in [0.717, 1.165) is 12.8 Å². The van der Waals surface area contributed by atoms with E-state index in [4.69, 9.17) is 14.2 Å². The Kier molecular flexibility index (Phi) is 5.52. The first kappa shape index (κ1) is 18.0. The normalized spacial score (nSPS) is 25.6. The summed E-state index contributed by atoms with van der Waals surface area (Å²) < 4.78 is 16.5. The van der Waals surface area contributed by atoms with Gasteiger partial charge in [-0.15, -0.1) is 0 Å². The molecule has 0 aromatic rings. The molecule has 2 unspecified atom stereocenters. The number of aliphatic carboxylic acids is 1. The maximum atomic E-state index is 11.9. The number of carbonyl (C=O) groups is 2. The minimum Gasteiger partial charge on any atom is -0.480 e. The molecular weight excluding hydrogens is 302 g/mol. The van der Waals surface area contributed by atoms with Gasteiger partial charge < -0.3 is 24.6 Å². The third-order valence-corrected chi connectivity index (χ3v) is 4.34. The van der Waals surface area contributed by atoms with Crippen molar-refractivity contribution < 1.29 is 28.9 Å². The quantitative estimate of drug-likeness (QED) is 0.822. The second-order valence-electron chi connectivity index (χ2n) is 7.36. The fraction of sp³-hybridized carbons (Fsp3) is 0.875. The molecule has 2 atom stereocenters. The predicted octanol–water partition coefficient (Wildman–Crippen LogP) is 1.94. The Hall–Kier alpha value is -1.34. The molecule has 0 aromatic carbocycles. The predicted molar refractivity (Wildman–Crippen MR) is 82.3 cm³/mol. The zero-order valence-electron chi connectivity index (χ0n) is 14.1. The van der Waals surface area contributed by atoms with Crippen LogP contribution in [0.5, 0.6) is 0 Å². The Morgan fingerprint density at radius 3 is 2.48 bits per heavy atom. The first-order valence-corrected chi connectivity index (χ1v) is 8.15. The van der Waals surface area contributed by atoms with Gasteiger partial charge >= 0.3 is 12.1 Å². The van der Waals surface area contributed by atoms with E-state index in [1.807, 2.05) is 0 Å². The summed E-state index contributed by atoms with van der Waals surface area (Å²) in [5, 5.41) is 12.0. The van der Waals surface area contributed by atoms with Crippen LogP contribution in [0.15, 0.2) is 0 Å². The third-order valence-electron chi connectivity index (χ3n) is 4.34. The number of hydrogen-bond donors (Lipinski definition) is 2. The summed E-state index contributed by atoms with van der Waals surface area (Å²) in [6.45, 7) is 6.99. The number of carbonyl (C=O) groups excluding carboxylic acids is 1. The fourth-order valence-electron chi connectivity index (χ4n) is 3.26. The Morgan fingerprint density at radius 1 is 1.26 bits per heavy atom. The van der Waals surface area contributed by atoms with Gasteiger partial charge in [0.25, 0.3) is 0 Å². The first-order valence-electron chi connectivity index (χ1n) is 8.15. The summed E-state index contributed by atoms with van der Waals surface area (Å²) in [6, 6.07) is -0.964. The number of hydrogen-bond acceptors (Lipinski definition) is 5. The standard InChI is InChI=1S/C16H27NO6/c1-15(2,3)23-14(20)17-12(13(18)19)11-4-7-22-16(10-11)5-8-21-9-6-16/h11-12H,4-10H2,1-3H3,(H,17,20)(H,18,19). The third kappa shape index (κ3) is 5.07. The van der Waals surface area contributed by atoms with Crippen LogP contribution < -0.4 is 5.32 Å². The molecule has 7 heteroatoms. The number of carboxylic acids is 1. The molecule has 0 aromatic heterocycles. The van der Waals surface area contributed by atoms with Crippen molar-refractivity contribution in [3.8, 4) is 0 Å². The van der Waals surface area contributed by atoms with E-state index in [9.17, 15) is 14.7 Å². The maximum Gasteiger partial charge on any atom is 0.408 e. The molecular formula is C16H27NO6. The van der Waals surface area contributed by atoms with E-state index < -0.39 is 23.7 Å². The molecule has 2 rings (SSSR count). The van der Waals surface area contributed by atoms with Crippen LogP contribution in [0.2, 0.25) is 0 Å². The van der Waals surface area contributed by atoms with Crippen LogP contribution in [0.1, 0.15) is 46.5 Å². The van der Waals surface area contributed by atoms with Gasteiger partial charge in [0.2, 0.25) is 0 Å². The van der Waals surface area contributed by atoms with Gasteiger partial charge in [0, 0.05) is 19.8 Å². The van der Waals surface area contributed by atoms with Gasteiger partial charge in [0.1, 0.15) is 11.6 Å². The lowest BCUT2D eigenvalue weighted by Gasteiger charge is -2.44. The largest absolute Gasteiger partial charge is 0.480 e. The van der Waals surface area contributed by atoms with Crippen LogP contribution in [0.4, 0.5) is 4.79 Å². The second-order valence-corrected chi connectivity index (χ2v) is 7.36. The van der Waals surface area contributed by atoms with Crippen molar-refractivity contribution in [2.45, 2.75) is 63.7 Å². The van der Waals surface area contributed by atoms with Crippen LogP contribution in [-0.2, 0) is 19.0 Å². The summed E-state index contributed by atoms with van der Waals surface area (Å²) >= 11 is 0. The number of ether oxygens (including phenoxy) is 3. The van der Waals surface area contributed by atoms with E-state index in [1.54, 1.807) is 20.8 Å². The van der Waals surface area contributed by atoms with Gasteiger partial charge in [0.15, 0.2) is 0 Å². The molecule has 2 aliphatic heterocycles. The monoisotopic (exact) mass is 329 g/mol. The smallest absolute Gasteiger partial charge is 0.408 e. The topological polar surface area (TPSA) is 94.1 Å². The molecule has 0 saturated carbocycles. The minimum absolute atomic E-state index is 0.174. The molecule has 2 heterocycles. The highest BCUT2D eigenvalue weighted by Gasteiger charge is 2.43. The Morgan fingerprint density at radius 2 is 1.91 bits per heavy atom. The van der Waals surface area contributed by atoms with Crippen molar-refractivity contribution in [3.63, 3.8) is 0 Å². The number of alkyl carbamates (subject to hydrolysis) is 1. The molecule has 132 valence electrons. The summed E-state index contributed by atoms with van der Waals surface area (Å²) in [5.74, 6) is -1.21. The summed E-state index contributed by atoms with van der Waals surface area (Å²) in [6.07, 6.45) is 2.06. The Labute approximate surface area is 136 Å². The van der Waals surface area contributed by atoms with Gasteiger partial charge in [-0.05, 0) is 52.4 Å². The SMILES string of the molecule is CC(C)(C)OC(=O)NC(C(=O)O)C1CCOC2(CCOCC2)C1. The van der Waals surface area contributed by atoms with Gasteiger partial charge in [-0.2, -0.15) is 0 Å². The van der Waals surface area contributed by atoms with Crippen molar-refractivity contribution in [1.29, 1.82) is 0 Å². The van der Waals surface area contributed by atoms with Crippen molar-refractivity contribution in [1.82, 2.24) is 5.32 Å². The molecule has 0 radical (unpaired) electrons. The molecule has 2 fully saturated rings. The molecule has 1 amide bonds. The zero-order valence-corrected chi connectivity index (χ0v) is 14.1. The lowest BCUT2D eigenvalue weighted by molar-refractivity contribution is -0.159. The van der Waals surface area contributed by atoms with Crippen LogP contribution in [0.25, 0.3) is 0 Å². The molecule has 23 heavy (non-hydrogen) atoms. The van der Waals surface area contributed by atoms with E-state index in [1.165, 1.54) is 0 Å². The number of rotatable bonds is 3. The van der Waals surface area contributed by atoms with Crippen LogP contribution in [0.3, 0.4) is 0 Å². The van der Waals surface area contributed by atoms with Crippen LogP contribution in [0, 0.1) is 5.92 Å². The number of nitrogens with one attached hydrogen (secondary N) is 1. The lowest BCUT2D eigenvalue weighted by Crippen LogP contribution is -2.53. The van der Waals surface area contributed by atoms with Gasteiger partial charge in [-0.25, -0.2) is 9.59 Å². The molecule has 0 aliphatic carbocycles. The molecule has 1 spiro atoms. The average Bonchev–Trinajstić information content (AvgIpc) is 2.43. The summed E-state index contributed by atoms with van der Waals surface area (Å²) in [5.41, 5.74) is -0.977. The van der Waals surface area contributed by atoms with Crippen LogP contribution in [-0.4, -0.2) is 54.2 Å². The highest BCUT2D eigenvalue weighted by Crippen LogP contribution is 2.38. The molecule has 0 bridgehead atoms. The average molecular weight is 329 g/mol. The van der Waals surface area contributed by atoms with Crippen molar-refractivity contribution in [2.24, 2.45) is 5.92 Å². The fourth-order valence-corrected chi connectivity index (χ4v) is 3.26. The Bertz CT molecular complexity index is 433. The van der Waals surface area contributed by atoms with Gasteiger partial charge in [0.05, 0.1) is 5.60 Å². The van der Waals surface area contributed by atoms with Crippen molar-refractivity contribution in [3.05, 3.63) is 0 Å². The highest BCUT2D eigenvalue weighted by molar-refractivity contribution is 5.80. The zero-order chi connectivity index (χ0) is 17.1. The molecule has 2 aliphatic rings. The molecule has 2 saturated heterocycles. The second kappa shape index (κ2) is 7.05. The number of carboxylic acid groups (broad SMARTS) is 1. The van der Waals surface area contributed by atoms with E-state index in [2.05, 4.69) is 5.32 Å². The highest BCUT2D eigenvalue weighted by atomic mass is 16.6. The summed E-state index contributed by atoms with van der Waals surface area (Å²) in [7, 11) is 0. The molecule has 2 N–H and O–H groups in total. The lowest BCUT2D eigenvalue weighted by atomic mass is 9.78. The molecule has 7 nitrogen and oxygen atoms in total. The van der Waals surface area contributed by atoms with E-state index in [0.29, 0.717) is 32.7 Å². The van der Waals surface area contributed by atoms with Crippen LogP contribution >= 0.6 is 0 Å².